The number of nitrogens with one attached hydrogen (secondary N) is 2. The Hall–Kier alpha value is -3.78. The van der Waals surface area contributed by atoms with E-state index in [9.17, 15) is 28.7 Å². The average molecular weight is 735 g/mol. The van der Waals surface area contributed by atoms with Crippen LogP contribution in [0, 0.1) is 17.2 Å². The van der Waals surface area contributed by atoms with E-state index in [1.54, 1.807) is 25.3 Å². The molecule has 0 saturated heterocycles. The Labute approximate surface area is 306 Å². The van der Waals surface area contributed by atoms with Crippen LogP contribution in [0.25, 0.3) is 0 Å². The monoisotopic (exact) mass is 734 g/mol. The highest BCUT2D eigenvalue weighted by molar-refractivity contribution is 7.09. The van der Waals surface area contributed by atoms with Crippen molar-refractivity contribution in [1.82, 2.24) is 20.5 Å². The lowest BCUT2D eigenvalue weighted by Crippen LogP contribution is -2.45. The van der Waals surface area contributed by atoms with Gasteiger partial charge in [0.15, 0.2) is 6.10 Å². The van der Waals surface area contributed by atoms with Crippen molar-refractivity contribution in [2.45, 2.75) is 124 Å². The van der Waals surface area contributed by atoms with E-state index in [4.69, 9.17) is 16.2 Å². The summed E-state index contributed by atoms with van der Waals surface area (Å²) in [5, 5.41) is 17.3. The minimum atomic E-state index is -1.20. The van der Waals surface area contributed by atoms with E-state index in [-0.39, 0.29) is 61.6 Å². The van der Waals surface area contributed by atoms with E-state index in [0.29, 0.717) is 23.5 Å². The zero-order valence-corrected chi connectivity index (χ0v) is 32.0. The molecule has 0 aliphatic heterocycles. The Morgan fingerprint density at radius 3 is 2.41 bits per heavy atom. The van der Waals surface area contributed by atoms with Crippen LogP contribution in [0.4, 0.5) is 14.9 Å². The number of alkyl carbamates (subject to hydrolysis) is 1. The molecule has 0 aliphatic rings. The number of thiazole rings is 1. The molecular weight excluding hydrogens is 676 g/mol. The largest absolute Gasteiger partial charge is 0.481 e. The maximum atomic E-state index is 14.3. The minimum absolute atomic E-state index is 0.0154. The highest BCUT2D eigenvalue weighted by atomic mass is 32.1. The number of unbranched alkanes of at least 4 members (excludes halogenated alkanes) is 4. The second-order valence-electron chi connectivity index (χ2n) is 14.1. The molecule has 3 atom stereocenters. The first kappa shape index (κ1) is 43.4. The Morgan fingerprint density at radius 2 is 1.80 bits per heavy atom. The maximum absolute atomic E-state index is 14.3. The van der Waals surface area contributed by atoms with Crippen LogP contribution in [0.3, 0.4) is 0 Å². The molecule has 1 aromatic carbocycles. The number of aromatic nitrogens is 1. The van der Waals surface area contributed by atoms with Gasteiger partial charge in [0.2, 0.25) is 5.91 Å². The number of carboxylic acid groups (broad SMARTS) is 1. The molecule has 12 nitrogen and oxygen atoms in total. The number of hydrogen-bond donors (Lipinski definition) is 5. The number of carbonyl (C=O) groups is 4. The van der Waals surface area contributed by atoms with Crippen molar-refractivity contribution in [1.29, 1.82) is 0 Å². The lowest BCUT2D eigenvalue weighted by Gasteiger charge is -2.36. The second-order valence-corrected chi connectivity index (χ2v) is 15.0. The van der Waals surface area contributed by atoms with Gasteiger partial charge in [-0.1, -0.05) is 59.4 Å². The molecule has 0 spiro atoms. The van der Waals surface area contributed by atoms with Gasteiger partial charge in [-0.25, -0.2) is 14.2 Å². The summed E-state index contributed by atoms with van der Waals surface area (Å²) >= 11 is 1.15. The summed E-state index contributed by atoms with van der Waals surface area (Å²) in [5.41, 5.74) is 10.6. The summed E-state index contributed by atoms with van der Waals surface area (Å²) in [6.07, 6.45) is 5.03. The first-order chi connectivity index (χ1) is 24.1. The van der Waals surface area contributed by atoms with E-state index >= 15 is 0 Å². The van der Waals surface area contributed by atoms with Crippen molar-refractivity contribution < 1.29 is 33.4 Å². The fourth-order valence-electron chi connectivity index (χ4n) is 5.84. The fourth-order valence-corrected chi connectivity index (χ4v) is 6.68. The number of anilines is 1. The van der Waals surface area contributed by atoms with Gasteiger partial charge >= 0.3 is 12.1 Å². The normalized spacial score (nSPS) is 13.4. The lowest BCUT2D eigenvalue weighted by molar-refractivity contribution is -0.147. The number of nitrogen functional groups attached to an aromatic ring is 1. The number of carbonyl (C=O) groups excluding carboxylic acids is 3. The Balaban J connectivity index is 2.42. The van der Waals surface area contributed by atoms with Crippen LogP contribution in [0.2, 0.25) is 0 Å². The summed E-state index contributed by atoms with van der Waals surface area (Å²) in [5.74, 6) is -2.11. The molecule has 7 N–H and O–H groups in total. The highest BCUT2D eigenvalue weighted by Crippen LogP contribution is 2.32. The first-order valence-electron chi connectivity index (χ1n) is 18.1. The molecule has 286 valence electrons. The number of carboxylic acids is 1. The van der Waals surface area contributed by atoms with Crippen LogP contribution < -0.4 is 22.1 Å². The number of nitrogens with two attached hydrogens (primary N) is 2. The van der Waals surface area contributed by atoms with Gasteiger partial charge in [0.05, 0.1) is 11.1 Å². The van der Waals surface area contributed by atoms with Crippen LogP contribution in [-0.4, -0.2) is 70.6 Å². The predicted octanol–water partition coefficient (Wildman–Crippen LogP) is 6.45. The van der Waals surface area contributed by atoms with Crippen LogP contribution in [0.5, 0.6) is 0 Å². The Morgan fingerprint density at radius 1 is 1.10 bits per heavy atom. The number of amides is 3. The summed E-state index contributed by atoms with van der Waals surface area (Å²) < 4.78 is 20.2. The second kappa shape index (κ2) is 21.6. The molecule has 2 aromatic rings. The number of benzene rings is 1. The number of halogens is 1. The van der Waals surface area contributed by atoms with Gasteiger partial charge < -0.3 is 36.8 Å². The maximum Gasteiger partial charge on any atom is 0.407 e. The number of rotatable bonds is 23. The van der Waals surface area contributed by atoms with Crippen molar-refractivity contribution >= 4 is 40.9 Å². The molecule has 3 unspecified atom stereocenters. The molecule has 14 heteroatoms. The van der Waals surface area contributed by atoms with Gasteiger partial charge in [-0.15, -0.1) is 11.3 Å². The molecular formula is C37H59FN6O6S. The Bertz CT molecular complexity index is 1420. The molecule has 51 heavy (non-hydrogen) atoms. The zero-order valence-electron chi connectivity index (χ0n) is 31.1. The third-order valence-electron chi connectivity index (χ3n) is 8.85. The number of nitrogens with zero attached hydrogens (tertiary/aromatic N) is 2. The van der Waals surface area contributed by atoms with Gasteiger partial charge in [-0.2, -0.15) is 0 Å². The number of hydrogen-bond acceptors (Lipinski definition) is 9. The quantitative estimate of drug-likeness (QED) is 0.0631. The standard InChI is InChI=1S/C37H59FN6O6S/c1-7-9-11-12-18-44(32(45)13-10-8-2)30(24(3)4)21-31(50-36(49)41-17-16-39)34-43-29(23-51-34)33(46)42-26(22-37(5,6)35(47)48)19-25-14-15-28(40)27(38)20-25/h14-15,20,23-24,26,30-31H,7-13,16-19,21-22,39-40H2,1-6H3,(H,41,49)(H,42,46)(H,47,48). The van der Waals surface area contributed by atoms with Crippen LogP contribution >= 0.6 is 11.3 Å². The smallest absolute Gasteiger partial charge is 0.407 e. The van der Waals surface area contributed by atoms with Crippen molar-refractivity contribution in [3.8, 4) is 0 Å². The third-order valence-corrected chi connectivity index (χ3v) is 9.79. The van der Waals surface area contributed by atoms with Crippen molar-refractivity contribution in [2.24, 2.45) is 17.1 Å². The topological polar surface area (TPSA) is 190 Å². The van der Waals surface area contributed by atoms with Gasteiger partial charge in [0.25, 0.3) is 5.91 Å². The van der Waals surface area contributed by atoms with Crippen molar-refractivity contribution in [3.63, 3.8) is 0 Å². The molecule has 1 aromatic heterocycles. The van der Waals surface area contributed by atoms with E-state index in [1.807, 2.05) is 25.7 Å². The van der Waals surface area contributed by atoms with E-state index in [2.05, 4.69) is 22.5 Å². The van der Waals surface area contributed by atoms with Crippen molar-refractivity contribution in [3.05, 3.63) is 45.7 Å². The molecule has 0 bridgehead atoms. The van der Waals surface area contributed by atoms with Gasteiger partial charge in [0, 0.05) is 49.9 Å². The van der Waals surface area contributed by atoms with Crippen LogP contribution in [0.15, 0.2) is 23.6 Å². The van der Waals surface area contributed by atoms with E-state index in [1.165, 1.54) is 12.1 Å². The summed E-state index contributed by atoms with van der Waals surface area (Å²) in [6, 6.07) is 3.37. The fraction of sp³-hybridized carbons (Fsp3) is 0.649. The van der Waals surface area contributed by atoms with Gasteiger partial charge in [-0.3, -0.25) is 14.4 Å². The average Bonchev–Trinajstić information content (AvgIpc) is 3.57. The molecule has 0 saturated carbocycles. The Kier molecular flexibility index (Phi) is 18.3. The molecule has 2 rings (SSSR count). The number of ether oxygens (including phenoxy) is 1. The third kappa shape index (κ3) is 14.4. The zero-order chi connectivity index (χ0) is 38.1. The molecule has 1 heterocycles. The summed E-state index contributed by atoms with van der Waals surface area (Å²) in [4.78, 5) is 58.6. The van der Waals surface area contributed by atoms with Crippen LogP contribution in [0.1, 0.15) is 126 Å². The molecule has 0 fully saturated rings. The SMILES string of the molecule is CCCCCCN(C(=O)CCCC)C(CC(OC(=O)NCCN)c1nc(C(=O)NC(Cc2ccc(N)c(F)c2)CC(C)(C)C(=O)O)cs1)C(C)C. The molecule has 0 aliphatic carbocycles. The van der Waals surface area contributed by atoms with E-state index in [0.717, 1.165) is 49.9 Å². The van der Waals surface area contributed by atoms with Crippen molar-refractivity contribution in [2.75, 3.05) is 25.4 Å². The first-order valence-corrected chi connectivity index (χ1v) is 19.0. The molecule has 0 radical (unpaired) electrons. The van der Waals surface area contributed by atoms with Crippen LogP contribution in [-0.2, 0) is 20.7 Å². The molecule has 3 amide bonds. The van der Waals surface area contributed by atoms with E-state index < -0.39 is 41.3 Å². The highest BCUT2D eigenvalue weighted by Gasteiger charge is 2.34. The minimum Gasteiger partial charge on any atom is -0.481 e. The lowest BCUT2D eigenvalue weighted by atomic mass is 9.84. The van der Waals surface area contributed by atoms with Gasteiger partial charge in [-0.05, 0) is 63.1 Å². The summed E-state index contributed by atoms with van der Waals surface area (Å²) in [7, 11) is 0. The van der Waals surface area contributed by atoms with Gasteiger partial charge in [0.1, 0.15) is 16.5 Å². The predicted molar refractivity (Wildman–Crippen MR) is 199 cm³/mol. The summed E-state index contributed by atoms with van der Waals surface area (Å²) in [6.45, 7) is 12.4. The number of aliphatic carboxylic acids is 1.